The van der Waals surface area contributed by atoms with Crippen molar-refractivity contribution in [2.24, 2.45) is 5.41 Å². The van der Waals surface area contributed by atoms with Crippen molar-refractivity contribution >= 4 is 28.0 Å². The first kappa shape index (κ1) is 24.4. The SMILES string of the molecule is COC(=O)C1(Cc2nc(Br)ccc2F)CCN(C(=O)OC(C)(C)C)C(C(F)(F)F)C1. The molecule has 1 saturated heterocycles. The molecule has 0 N–H and O–H groups in total. The molecule has 0 aromatic carbocycles. The van der Waals surface area contributed by atoms with E-state index in [9.17, 15) is 27.2 Å². The van der Waals surface area contributed by atoms with Crippen LogP contribution in [0.25, 0.3) is 0 Å². The number of likely N-dealkylation sites (tertiary alicyclic amines) is 1. The van der Waals surface area contributed by atoms with Crippen molar-refractivity contribution in [1.29, 1.82) is 0 Å². The second kappa shape index (κ2) is 8.68. The summed E-state index contributed by atoms with van der Waals surface area (Å²) in [6.45, 7) is 4.21. The van der Waals surface area contributed by atoms with Crippen LogP contribution in [0.2, 0.25) is 0 Å². The lowest BCUT2D eigenvalue weighted by atomic mass is 9.71. The Labute approximate surface area is 180 Å². The molecule has 1 aromatic rings. The Kier molecular flexibility index (Phi) is 7.05. The van der Waals surface area contributed by atoms with Gasteiger partial charge in [-0.05, 0) is 61.7 Å². The molecule has 2 atom stereocenters. The summed E-state index contributed by atoms with van der Waals surface area (Å²) in [4.78, 5) is 29.5. The van der Waals surface area contributed by atoms with E-state index in [-0.39, 0.29) is 16.7 Å². The van der Waals surface area contributed by atoms with Crippen LogP contribution in [0.4, 0.5) is 22.4 Å². The fourth-order valence-corrected chi connectivity index (χ4v) is 3.79. The minimum atomic E-state index is -4.83. The monoisotopic (exact) mass is 498 g/mol. The molecule has 30 heavy (non-hydrogen) atoms. The predicted molar refractivity (Wildman–Crippen MR) is 102 cm³/mol. The Morgan fingerprint density at radius 1 is 1.30 bits per heavy atom. The number of halogens is 5. The molecule has 1 fully saturated rings. The number of alkyl halides is 3. The van der Waals surface area contributed by atoms with Gasteiger partial charge in [-0.3, -0.25) is 9.69 Å². The number of methoxy groups -OCH3 is 1. The molecule has 1 aromatic heterocycles. The summed E-state index contributed by atoms with van der Waals surface area (Å²) in [6.07, 6.45) is -7.33. The molecular weight excluding hydrogens is 476 g/mol. The van der Waals surface area contributed by atoms with Gasteiger partial charge in [0.1, 0.15) is 22.1 Å². The van der Waals surface area contributed by atoms with Gasteiger partial charge in [-0.25, -0.2) is 14.2 Å². The highest BCUT2D eigenvalue weighted by molar-refractivity contribution is 9.10. The molecule has 2 unspecified atom stereocenters. The van der Waals surface area contributed by atoms with Crippen LogP contribution < -0.4 is 0 Å². The molecule has 1 aliphatic heterocycles. The summed E-state index contributed by atoms with van der Waals surface area (Å²) < 4.78 is 66.0. The van der Waals surface area contributed by atoms with Crippen molar-refractivity contribution in [3.63, 3.8) is 0 Å². The number of aromatic nitrogens is 1. The van der Waals surface area contributed by atoms with Gasteiger partial charge in [-0.1, -0.05) is 0 Å². The van der Waals surface area contributed by atoms with E-state index in [1.54, 1.807) is 0 Å². The smallest absolute Gasteiger partial charge is 0.410 e. The van der Waals surface area contributed by atoms with E-state index in [1.807, 2.05) is 0 Å². The first-order chi connectivity index (χ1) is 13.7. The van der Waals surface area contributed by atoms with Crippen molar-refractivity contribution in [3.8, 4) is 0 Å². The van der Waals surface area contributed by atoms with Crippen LogP contribution in [0.15, 0.2) is 16.7 Å². The number of amides is 1. The topological polar surface area (TPSA) is 68.7 Å². The van der Waals surface area contributed by atoms with E-state index in [1.165, 1.54) is 26.8 Å². The number of esters is 1. The number of hydrogen-bond acceptors (Lipinski definition) is 5. The summed E-state index contributed by atoms with van der Waals surface area (Å²) >= 11 is 3.09. The van der Waals surface area contributed by atoms with Gasteiger partial charge >= 0.3 is 18.2 Å². The van der Waals surface area contributed by atoms with Crippen LogP contribution in [-0.4, -0.2) is 53.4 Å². The van der Waals surface area contributed by atoms with E-state index in [0.717, 1.165) is 13.2 Å². The van der Waals surface area contributed by atoms with Gasteiger partial charge in [-0.2, -0.15) is 13.2 Å². The van der Waals surface area contributed by atoms with E-state index in [4.69, 9.17) is 9.47 Å². The van der Waals surface area contributed by atoms with Gasteiger partial charge in [0.15, 0.2) is 0 Å². The molecule has 0 spiro atoms. The third kappa shape index (κ3) is 5.61. The normalized spacial score (nSPS) is 22.6. The number of nitrogens with zero attached hydrogens (tertiary/aromatic N) is 2. The first-order valence-corrected chi connectivity index (χ1v) is 9.93. The molecule has 1 aliphatic rings. The molecular formula is C19H23BrF4N2O4. The van der Waals surface area contributed by atoms with Gasteiger partial charge in [-0.15, -0.1) is 0 Å². The van der Waals surface area contributed by atoms with E-state index in [2.05, 4.69) is 20.9 Å². The lowest BCUT2D eigenvalue weighted by molar-refractivity contribution is -0.203. The average molecular weight is 499 g/mol. The molecule has 168 valence electrons. The number of piperidine rings is 1. The standard InChI is InChI=1S/C19H23BrF4N2O4/c1-17(2,3)30-16(28)26-8-7-18(15(27)29-4,10-13(26)19(22,23)24)9-12-11(21)5-6-14(20)25-12/h5-6,13H,7-10H2,1-4H3. The molecule has 11 heteroatoms. The first-order valence-electron chi connectivity index (χ1n) is 9.14. The maximum Gasteiger partial charge on any atom is 0.410 e. The summed E-state index contributed by atoms with van der Waals surface area (Å²) in [7, 11) is 1.05. The predicted octanol–water partition coefficient (Wildman–Crippen LogP) is 4.65. The van der Waals surface area contributed by atoms with Crippen molar-refractivity contribution in [2.45, 2.75) is 57.9 Å². The lowest BCUT2D eigenvalue weighted by Crippen LogP contribution is -2.59. The Morgan fingerprint density at radius 3 is 2.47 bits per heavy atom. The Morgan fingerprint density at radius 2 is 1.93 bits per heavy atom. The van der Waals surface area contributed by atoms with Gasteiger partial charge < -0.3 is 9.47 Å². The highest BCUT2D eigenvalue weighted by atomic mass is 79.9. The second-order valence-corrected chi connectivity index (χ2v) is 9.01. The van der Waals surface area contributed by atoms with Crippen molar-refractivity contribution in [1.82, 2.24) is 9.88 Å². The van der Waals surface area contributed by atoms with Gasteiger partial charge in [0.2, 0.25) is 0 Å². The van der Waals surface area contributed by atoms with Crippen molar-refractivity contribution < 1.29 is 36.6 Å². The third-order valence-corrected chi connectivity index (χ3v) is 5.25. The Hall–Kier alpha value is -1.91. The highest BCUT2D eigenvalue weighted by Crippen LogP contribution is 2.44. The second-order valence-electron chi connectivity index (χ2n) is 8.20. The third-order valence-electron chi connectivity index (χ3n) is 4.81. The van der Waals surface area contributed by atoms with Crippen LogP contribution in [-0.2, 0) is 20.7 Å². The number of hydrogen-bond donors (Lipinski definition) is 0. The van der Waals surface area contributed by atoms with Crippen LogP contribution in [0.1, 0.15) is 39.3 Å². The molecule has 0 bridgehead atoms. The van der Waals surface area contributed by atoms with Crippen LogP contribution in [0.3, 0.4) is 0 Å². The number of carbonyl (C=O) groups excluding carboxylic acids is 2. The fourth-order valence-electron chi connectivity index (χ4n) is 3.44. The minimum absolute atomic E-state index is 0.165. The fraction of sp³-hybridized carbons (Fsp3) is 0.632. The maximum atomic E-state index is 14.2. The average Bonchev–Trinajstić information content (AvgIpc) is 2.61. The largest absolute Gasteiger partial charge is 0.469 e. The van der Waals surface area contributed by atoms with Crippen molar-refractivity contribution in [2.75, 3.05) is 13.7 Å². The zero-order valence-corrected chi connectivity index (χ0v) is 18.6. The molecule has 0 saturated carbocycles. The molecule has 2 rings (SSSR count). The van der Waals surface area contributed by atoms with Gasteiger partial charge in [0.25, 0.3) is 0 Å². The maximum absolute atomic E-state index is 14.2. The van der Waals surface area contributed by atoms with E-state index < -0.39 is 60.5 Å². The number of carbonyl (C=O) groups is 2. The van der Waals surface area contributed by atoms with Crippen molar-refractivity contribution in [3.05, 3.63) is 28.2 Å². The van der Waals surface area contributed by atoms with Gasteiger partial charge in [0.05, 0.1) is 18.2 Å². The molecule has 2 heterocycles. The van der Waals surface area contributed by atoms with Crippen LogP contribution in [0.5, 0.6) is 0 Å². The summed E-state index contributed by atoms with van der Waals surface area (Å²) in [5.74, 6) is -1.67. The zero-order chi connectivity index (χ0) is 22.9. The quantitative estimate of drug-likeness (QED) is 0.344. The lowest BCUT2D eigenvalue weighted by Gasteiger charge is -2.45. The molecule has 0 radical (unpaired) electrons. The minimum Gasteiger partial charge on any atom is -0.469 e. The number of ether oxygens (including phenoxy) is 2. The summed E-state index contributed by atoms with van der Waals surface area (Å²) in [5, 5.41) is 0. The number of pyridine rings is 1. The molecule has 6 nitrogen and oxygen atoms in total. The molecule has 1 amide bonds. The molecule has 0 aliphatic carbocycles. The Balaban J connectivity index is 2.43. The van der Waals surface area contributed by atoms with Crippen LogP contribution >= 0.6 is 15.9 Å². The summed E-state index contributed by atoms with van der Waals surface area (Å²) in [6, 6.07) is 0.150. The number of rotatable bonds is 3. The van der Waals surface area contributed by atoms with Crippen LogP contribution in [0, 0.1) is 11.2 Å². The van der Waals surface area contributed by atoms with Gasteiger partial charge in [0, 0.05) is 13.0 Å². The summed E-state index contributed by atoms with van der Waals surface area (Å²) in [5.41, 5.74) is -2.86. The highest BCUT2D eigenvalue weighted by Gasteiger charge is 2.57. The zero-order valence-electron chi connectivity index (χ0n) is 17.0. The van der Waals surface area contributed by atoms with E-state index in [0.29, 0.717) is 4.90 Å². The van der Waals surface area contributed by atoms with E-state index >= 15 is 0 Å². The Bertz CT molecular complexity index is 813.